The molecule has 1 aromatic heterocycles. The molecule has 0 saturated heterocycles. The van der Waals surface area contributed by atoms with E-state index in [0.717, 1.165) is 22.0 Å². The molecule has 2 aromatic rings. The lowest BCUT2D eigenvalue weighted by Crippen LogP contribution is -1.99. The summed E-state index contributed by atoms with van der Waals surface area (Å²) in [5.74, 6) is 2.17. The molecular formula is C15H17ClN2O2S. The molecule has 1 heterocycles. The van der Waals surface area contributed by atoms with Crippen LogP contribution in [0.3, 0.4) is 0 Å². The molecule has 0 radical (unpaired) electrons. The Kier molecular flexibility index (Phi) is 5.85. The minimum Gasteiger partial charge on any atom is -0.495 e. The van der Waals surface area contributed by atoms with Gasteiger partial charge in [0.1, 0.15) is 17.4 Å². The van der Waals surface area contributed by atoms with E-state index in [-0.39, 0.29) is 0 Å². The number of nitrogens with zero attached hydrogens (tertiary/aromatic N) is 2. The normalized spacial score (nSPS) is 10.7. The van der Waals surface area contributed by atoms with E-state index in [1.807, 2.05) is 31.2 Å². The molecule has 0 aliphatic heterocycles. The van der Waals surface area contributed by atoms with Crippen LogP contribution in [0.1, 0.15) is 17.1 Å². The Morgan fingerprint density at radius 1 is 1.19 bits per heavy atom. The number of hydrogen-bond acceptors (Lipinski definition) is 5. The molecule has 0 unspecified atom stereocenters. The van der Waals surface area contributed by atoms with Gasteiger partial charge in [0.2, 0.25) is 0 Å². The Morgan fingerprint density at radius 3 is 2.67 bits per heavy atom. The number of thioether (sulfide) groups is 1. The van der Waals surface area contributed by atoms with Crippen molar-refractivity contribution in [1.82, 2.24) is 9.97 Å². The van der Waals surface area contributed by atoms with Gasteiger partial charge in [0.15, 0.2) is 5.82 Å². The molecule has 0 N–H and O–H groups in total. The van der Waals surface area contributed by atoms with Gasteiger partial charge >= 0.3 is 0 Å². The van der Waals surface area contributed by atoms with Crippen molar-refractivity contribution in [2.24, 2.45) is 0 Å². The van der Waals surface area contributed by atoms with Crippen molar-refractivity contribution in [1.29, 1.82) is 0 Å². The minimum absolute atomic E-state index is 0.420. The van der Waals surface area contributed by atoms with Crippen LogP contribution in [0.25, 0.3) is 0 Å². The maximum atomic E-state index is 6.13. The van der Waals surface area contributed by atoms with Crippen LogP contribution in [0.4, 0.5) is 0 Å². The summed E-state index contributed by atoms with van der Waals surface area (Å²) in [5.41, 5.74) is 2.06. The van der Waals surface area contributed by atoms with Crippen molar-refractivity contribution in [3.8, 4) is 5.75 Å². The van der Waals surface area contributed by atoms with Crippen LogP contribution >= 0.6 is 23.4 Å². The number of methoxy groups -OCH3 is 2. The highest BCUT2D eigenvalue weighted by molar-refractivity contribution is 7.98. The average Bonchev–Trinajstić information content (AvgIpc) is 2.45. The van der Waals surface area contributed by atoms with Crippen molar-refractivity contribution in [3.05, 3.63) is 46.4 Å². The molecule has 4 nitrogen and oxygen atoms in total. The fourth-order valence-electron chi connectivity index (χ4n) is 1.82. The quantitative estimate of drug-likeness (QED) is 0.596. The fourth-order valence-corrected chi connectivity index (χ4v) is 3.02. The van der Waals surface area contributed by atoms with Gasteiger partial charge in [-0.15, -0.1) is 11.8 Å². The Labute approximate surface area is 133 Å². The SMILES string of the molecule is COCc1nc(C)cc(SCc2ccc(OC)c(Cl)c2)n1. The summed E-state index contributed by atoms with van der Waals surface area (Å²) in [6, 6.07) is 7.76. The lowest BCUT2D eigenvalue weighted by Gasteiger charge is -2.07. The van der Waals surface area contributed by atoms with E-state index in [1.165, 1.54) is 0 Å². The molecule has 0 atom stereocenters. The van der Waals surface area contributed by atoms with E-state index in [1.54, 1.807) is 26.0 Å². The van der Waals surface area contributed by atoms with Gasteiger partial charge in [-0.1, -0.05) is 17.7 Å². The van der Waals surface area contributed by atoms with Crippen LogP contribution in [0.15, 0.2) is 29.3 Å². The summed E-state index contributed by atoms with van der Waals surface area (Å²) in [4.78, 5) is 8.79. The molecule has 1 aromatic carbocycles. The van der Waals surface area contributed by atoms with Gasteiger partial charge in [0, 0.05) is 18.6 Å². The maximum Gasteiger partial charge on any atom is 0.155 e. The van der Waals surface area contributed by atoms with Gasteiger partial charge in [0.05, 0.1) is 12.1 Å². The van der Waals surface area contributed by atoms with E-state index in [9.17, 15) is 0 Å². The fraction of sp³-hybridized carbons (Fsp3) is 0.333. The monoisotopic (exact) mass is 324 g/mol. The van der Waals surface area contributed by atoms with Crippen molar-refractivity contribution in [2.75, 3.05) is 14.2 Å². The van der Waals surface area contributed by atoms with Crippen LogP contribution in [0.5, 0.6) is 5.75 Å². The van der Waals surface area contributed by atoms with E-state index in [0.29, 0.717) is 23.2 Å². The van der Waals surface area contributed by atoms with E-state index >= 15 is 0 Å². The third-order valence-corrected chi connectivity index (χ3v) is 4.03. The van der Waals surface area contributed by atoms with Crippen molar-refractivity contribution in [2.45, 2.75) is 24.3 Å². The average molecular weight is 325 g/mol. The van der Waals surface area contributed by atoms with Crippen LogP contribution in [0.2, 0.25) is 5.02 Å². The molecule has 0 fully saturated rings. The van der Waals surface area contributed by atoms with Gasteiger partial charge in [-0.3, -0.25) is 0 Å². The second kappa shape index (κ2) is 7.64. The van der Waals surface area contributed by atoms with Gasteiger partial charge in [-0.05, 0) is 30.7 Å². The lowest BCUT2D eigenvalue weighted by molar-refractivity contribution is 0.177. The van der Waals surface area contributed by atoms with Crippen molar-refractivity contribution >= 4 is 23.4 Å². The van der Waals surface area contributed by atoms with E-state index < -0.39 is 0 Å². The first kappa shape index (κ1) is 16.1. The van der Waals surface area contributed by atoms with Crippen LogP contribution in [-0.4, -0.2) is 24.2 Å². The first-order chi connectivity index (χ1) is 10.1. The summed E-state index contributed by atoms with van der Waals surface area (Å²) in [6.07, 6.45) is 0. The zero-order valence-corrected chi connectivity index (χ0v) is 13.8. The third-order valence-electron chi connectivity index (χ3n) is 2.75. The number of aryl methyl sites for hydroxylation is 1. The largest absolute Gasteiger partial charge is 0.495 e. The molecule has 2 rings (SSSR count). The summed E-state index contributed by atoms with van der Waals surface area (Å²) in [5, 5.41) is 1.55. The summed E-state index contributed by atoms with van der Waals surface area (Å²) in [7, 11) is 3.24. The van der Waals surface area contributed by atoms with Gasteiger partial charge < -0.3 is 9.47 Å². The Morgan fingerprint density at radius 2 is 2.00 bits per heavy atom. The first-order valence-electron chi connectivity index (χ1n) is 6.41. The Hall–Kier alpha value is -1.30. The summed E-state index contributed by atoms with van der Waals surface area (Å²) in [6.45, 7) is 2.37. The van der Waals surface area contributed by atoms with Crippen LogP contribution in [-0.2, 0) is 17.1 Å². The van der Waals surface area contributed by atoms with Gasteiger partial charge in [0.25, 0.3) is 0 Å². The Bertz CT molecular complexity index is 623. The smallest absolute Gasteiger partial charge is 0.155 e. The van der Waals surface area contributed by atoms with Crippen molar-refractivity contribution in [3.63, 3.8) is 0 Å². The standard InChI is InChI=1S/C15H17ClN2O2S/c1-10-6-15(18-14(17-10)8-19-2)21-9-11-4-5-13(20-3)12(16)7-11/h4-7H,8-9H2,1-3H3. The molecule has 112 valence electrons. The maximum absolute atomic E-state index is 6.13. The molecule has 0 saturated carbocycles. The van der Waals surface area contributed by atoms with Gasteiger partial charge in [-0.25, -0.2) is 9.97 Å². The van der Waals surface area contributed by atoms with E-state index in [4.69, 9.17) is 21.1 Å². The minimum atomic E-state index is 0.420. The second-order valence-electron chi connectivity index (χ2n) is 4.45. The number of rotatable bonds is 6. The molecule has 0 aliphatic rings. The highest BCUT2D eigenvalue weighted by Gasteiger charge is 2.06. The molecule has 0 bridgehead atoms. The summed E-state index contributed by atoms with van der Waals surface area (Å²) < 4.78 is 10.2. The first-order valence-corrected chi connectivity index (χ1v) is 7.77. The second-order valence-corrected chi connectivity index (χ2v) is 5.86. The molecule has 6 heteroatoms. The predicted octanol–water partition coefficient (Wildman–Crippen LogP) is 3.89. The number of ether oxygens (including phenoxy) is 2. The molecule has 0 spiro atoms. The molecule has 21 heavy (non-hydrogen) atoms. The topological polar surface area (TPSA) is 44.2 Å². The zero-order chi connectivity index (χ0) is 15.2. The third kappa shape index (κ3) is 4.59. The lowest BCUT2D eigenvalue weighted by atomic mass is 10.2. The van der Waals surface area contributed by atoms with Crippen molar-refractivity contribution < 1.29 is 9.47 Å². The number of aromatic nitrogens is 2. The van der Waals surface area contributed by atoms with Crippen LogP contribution < -0.4 is 4.74 Å². The zero-order valence-electron chi connectivity index (χ0n) is 12.2. The van der Waals surface area contributed by atoms with Gasteiger partial charge in [-0.2, -0.15) is 0 Å². The highest BCUT2D eigenvalue weighted by Crippen LogP contribution is 2.28. The summed E-state index contributed by atoms with van der Waals surface area (Å²) >= 11 is 7.77. The Balaban J connectivity index is 2.07. The number of halogens is 1. The highest BCUT2D eigenvalue weighted by atomic mass is 35.5. The number of benzene rings is 1. The number of hydrogen-bond donors (Lipinski definition) is 0. The molecule has 0 aliphatic carbocycles. The van der Waals surface area contributed by atoms with E-state index in [2.05, 4.69) is 9.97 Å². The predicted molar refractivity (Wildman–Crippen MR) is 85.0 cm³/mol. The molecular weight excluding hydrogens is 308 g/mol. The molecule has 0 amide bonds. The van der Waals surface area contributed by atoms with Crippen LogP contribution in [0, 0.1) is 6.92 Å².